The van der Waals surface area contributed by atoms with Gasteiger partial charge in [-0.1, -0.05) is 32.9 Å². The molecule has 0 saturated carbocycles. The van der Waals surface area contributed by atoms with Crippen molar-refractivity contribution < 1.29 is 4.39 Å². The van der Waals surface area contributed by atoms with Gasteiger partial charge in [-0.05, 0) is 55.3 Å². The van der Waals surface area contributed by atoms with Crippen LogP contribution in [-0.2, 0) is 13.1 Å². The van der Waals surface area contributed by atoms with Crippen LogP contribution in [0.4, 0.5) is 4.39 Å². The molecule has 2 N–H and O–H groups in total. The quantitative estimate of drug-likeness (QED) is 0.914. The number of hydrogen-bond donors (Lipinski definition) is 1. The van der Waals surface area contributed by atoms with Crippen LogP contribution in [0.3, 0.4) is 0 Å². The fourth-order valence-corrected chi connectivity index (χ4v) is 3.30. The molecule has 2 rings (SSSR count). The van der Waals surface area contributed by atoms with Gasteiger partial charge in [0.15, 0.2) is 0 Å². The molecule has 1 aromatic carbocycles. The Morgan fingerprint density at radius 1 is 1.24 bits per heavy atom. The number of rotatable bonds is 3. The van der Waals surface area contributed by atoms with Crippen LogP contribution < -0.4 is 5.73 Å². The average molecular weight is 292 g/mol. The maximum Gasteiger partial charge on any atom is 0.127 e. The standard InChI is InChI=1S/C18H29FN2/c1-18(2,3)16-5-4-9-21(10-8-16)13-15-11-14(12-20)6-7-17(15)19/h6-7,11,16H,4-5,8-10,12-13,20H2,1-3H3. The molecule has 0 bridgehead atoms. The van der Waals surface area contributed by atoms with Gasteiger partial charge in [-0.25, -0.2) is 4.39 Å². The lowest BCUT2D eigenvalue weighted by Crippen LogP contribution is -2.26. The lowest BCUT2D eigenvalue weighted by molar-refractivity contribution is 0.206. The highest BCUT2D eigenvalue weighted by atomic mass is 19.1. The third-order valence-corrected chi connectivity index (χ3v) is 4.79. The van der Waals surface area contributed by atoms with Crippen molar-refractivity contribution in [2.45, 2.75) is 53.1 Å². The minimum atomic E-state index is -0.108. The van der Waals surface area contributed by atoms with Gasteiger partial charge in [-0.2, -0.15) is 0 Å². The second-order valence-corrected chi connectivity index (χ2v) is 7.40. The summed E-state index contributed by atoms with van der Waals surface area (Å²) in [5.74, 6) is 0.659. The Morgan fingerprint density at radius 3 is 2.67 bits per heavy atom. The molecule has 1 aromatic rings. The van der Waals surface area contributed by atoms with Gasteiger partial charge in [-0.3, -0.25) is 4.90 Å². The molecular formula is C18H29FN2. The van der Waals surface area contributed by atoms with Crippen LogP contribution in [0.2, 0.25) is 0 Å². The molecule has 1 unspecified atom stereocenters. The second kappa shape index (κ2) is 6.89. The number of nitrogens with zero attached hydrogens (tertiary/aromatic N) is 1. The molecular weight excluding hydrogens is 263 g/mol. The van der Waals surface area contributed by atoms with Crippen molar-refractivity contribution in [1.82, 2.24) is 4.90 Å². The highest BCUT2D eigenvalue weighted by Crippen LogP contribution is 2.34. The fraction of sp³-hybridized carbons (Fsp3) is 0.667. The van der Waals surface area contributed by atoms with E-state index in [9.17, 15) is 4.39 Å². The Balaban J connectivity index is 2.01. The summed E-state index contributed by atoms with van der Waals surface area (Å²) in [7, 11) is 0. The number of nitrogens with two attached hydrogens (primary N) is 1. The Labute approximate surface area is 128 Å². The van der Waals surface area contributed by atoms with Crippen molar-refractivity contribution >= 4 is 0 Å². The molecule has 21 heavy (non-hydrogen) atoms. The van der Waals surface area contributed by atoms with Crippen LogP contribution >= 0.6 is 0 Å². The lowest BCUT2D eigenvalue weighted by Gasteiger charge is -2.29. The van der Waals surface area contributed by atoms with E-state index in [1.54, 1.807) is 12.1 Å². The third kappa shape index (κ3) is 4.52. The first kappa shape index (κ1) is 16.4. The molecule has 1 atom stereocenters. The van der Waals surface area contributed by atoms with Gasteiger partial charge in [0.2, 0.25) is 0 Å². The third-order valence-electron chi connectivity index (χ3n) is 4.79. The molecule has 1 saturated heterocycles. The van der Waals surface area contributed by atoms with Crippen molar-refractivity contribution in [3.63, 3.8) is 0 Å². The molecule has 1 aliphatic heterocycles. The molecule has 1 heterocycles. The SMILES string of the molecule is CC(C)(C)C1CCCN(Cc2cc(CN)ccc2F)CC1. The van der Waals surface area contributed by atoms with Crippen LogP contribution in [-0.4, -0.2) is 18.0 Å². The van der Waals surface area contributed by atoms with E-state index in [1.165, 1.54) is 19.3 Å². The maximum absolute atomic E-state index is 14.0. The summed E-state index contributed by atoms with van der Waals surface area (Å²) in [5, 5.41) is 0. The van der Waals surface area contributed by atoms with E-state index in [-0.39, 0.29) is 5.82 Å². The normalized spacial score (nSPS) is 21.3. The summed E-state index contributed by atoms with van der Waals surface area (Å²) < 4.78 is 14.0. The van der Waals surface area contributed by atoms with Gasteiger partial charge in [0.25, 0.3) is 0 Å². The van der Waals surface area contributed by atoms with Gasteiger partial charge in [0.05, 0.1) is 0 Å². The molecule has 2 nitrogen and oxygen atoms in total. The summed E-state index contributed by atoms with van der Waals surface area (Å²) in [5.41, 5.74) is 7.83. The monoisotopic (exact) mass is 292 g/mol. The summed E-state index contributed by atoms with van der Waals surface area (Å²) in [6.07, 6.45) is 3.70. The zero-order valence-corrected chi connectivity index (χ0v) is 13.7. The molecule has 0 amide bonds. The second-order valence-electron chi connectivity index (χ2n) is 7.40. The van der Waals surface area contributed by atoms with Crippen molar-refractivity contribution in [3.05, 3.63) is 35.1 Å². The summed E-state index contributed by atoms with van der Waals surface area (Å²) in [6.45, 7) is 10.3. The molecule has 3 heteroatoms. The maximum atomic E-state index is 14.0. The van der Waals surface area contributed by atoms with E-state index in [4.69, 9.17) is 5.73 Å². The molecule has 1 fully saturated rings. The summed E-state index contributed by atoms with van der Waals surface area (Å²) in [6, 6.07) is 5.24. The van der Waals surface area contributed by atoms with Crippen LogP contribution in [0.5, 0.6) is 0 Å². The molecule has 0 aromatic heterocycles. The van der Waals surface area contributed by atoms with Crippen molar-refractivity contribution in [3.8, 4) is 0 Å². The van der Waals surface area contributed by atoms with E-state index >= 15 is 0 Å². The molecule has 0 radical (unpaired) electrons. The zero-order chi connectivity index (χ0) is 15.5. The molecule has 0 spiro atoms. The van der Waals surface area contributed by atoms with Crippen LogP contribution in [0.15, 0.2) is 18.2 Å². The van der Waals surface area contributed by atoms with Crippen molar-refractivity contribution in [1.29, 1.82) is 0 Å². The van der Waals surface area contributed by atoms with E-state index in [0.29, 0.717) is 18.5 Å². The smallest absolute Gasteiger partial charge is 0.127 e. The van der Waals surface area contributed by atoms with E-state index in [0.717, 1.165) is 30.1 Å². The Bertz CT molecular complexity index is 465. The Kier molecular flexibility index (Phi) is 5.39. The minimum Gasteiger partial charge on any atom is -0.326 e. The van der Waals surface area contributed by atoms with Gasteiger partial charge in [-0.15, -0.1) is 0 Å². The minimum absolute atomic E-state index is 0.108. The van der Waals surface area contributed by atoms with Gasteiger partial charge in [0.1, 0.15) is 5.82 Å². The van der Waals surface area contributed by atoms with Crippen molar-refractivity contribution in [2.24, 2.45) is 17.1 Å². The van der Waals surface area contributed by atoms with Gasteiger partial charge >= 0.3 is 0 Å². The Morgan fingerprint density at radius 2 is 2.00 bits per heavy atom. The summed E-state index contributed by atoms with van der Waals surface area (Å²) in [4.78, 5) is 2.39. The number of benzene rings is 1. The van der Waals surface area contributed by atoms with E-state index in [2.05, 4.69) is 25.7 Å². The van der Waals surface area contributed by atoms with Crippen molar-refractivity contribution in [2.75, 3.05) is 13.1 Å². The summed E-state index contributed by atoms with van der Waals surface area (Å²) >= 11 is 0. The van der Waals surface area contributed by atoms with E-state index < -0.39 is 0 Å². The average Bonchev–Trinajstić information content (AvgIpc) is 2.66. The van der Waals surface area contributed by atoms with Gasteiger partial charge < -0.3 is 5.73 Å². The fourth-order valence-electron chi connectivity index (χ4n) is 3.30. The first-order valence-electron chi connectivity index (χ1n) is 8.10. The highest BCUT2D eigenvalue weighted by Gasteiger charge is 2.27. The molecule has 118 valence electrons. The molecule has 0 aliphatic carbocycles. The zero-order valence-electron chi connectivity index (χ0n) is 13.7. The largest absolute Gasteiger partial charge is 0.326 e. The number of likely N-dealkylation sites (tertiary alicyclic amines) is 1. The highest BCUT2D eigenvalue weighted by molar-refractivity contribution is 5.25. The first-order valence-corrected chi connectivity index (χ1v) is 8.10. The Hall–Kier alpha value is -0.930. The van der Waals surface area contributed by atoms with Crippen LogP contribution in [0.25, 0.3) is 0 Å². The first-order chi connectivity index (χ1) is 9.90. The number of halogens is 1. The lowest BCUT2D eigenvalue weighted by atomic mass is 9.77. The number of hydrogen-bond acceptors (Lipinski definition) is 2. The van der Waals surface area contributed by atoms with E-state index in [1.807, 2.05) is 6.07 Å². The van der Waals surface area contributed by atoms with Crippen LogP contribution in [0.1, 0.15) is 51.2 Å². The van der Waals surface area contributed by atoms with Crippen LogP contribution in [0, 0.1) is 17.2 Å². The predicted octanol–water partition coefficient (Wildman–Crippen LogP) is 3.93. The van der Waals surface area contributed by atoms with Gasteiger partial charge in [0, 0.05) is 18.7 Å². The topological polar surface area (TPSA) is 29.3 Å². The predicted molar refractivity (Wildman–Crippen MR) is 86.4 cm³/mol. The molecule has 1 aliphatic rings.